The Morgan fingerprint density at radius 2 is 2.29 bits per heavy atom. The Balaban J connectivity index is 1.98. The van der Waals surface area contributed by atoms with Crippen molar-refractivity contribution in [3.8, 4) is 0 Å². The van der Waals surface area contributed by atoms with Crippen LogP contribution in [0.25, 0.3) is 0 Å². The second-order valence-corrected chi connectivity index (χ2v) is 4.48. The number of nitrogens with one attached hydrogen (secondary N) is 1. The van der Waals surface area contributed by atoms with E-state index in [2.05, 4.69) is 15.3 Å². The molecule has 1 aromatic heterocycles. The smallest absolute Gasteiger partial charge is 0.158 e. The first-order valence-electron chi connectivity index (χ1n) is 5.73. The van der Waals surface area contributed by atoms with Crippen LogP contribution in [0.4, 0.5) is 5.82 Å². The highest BCUT2D eigenvalue weighted by Gasteiger charge is 2.27. The third-order valence-electron chi connectivity index (χ3n) is 2.64. The molecule has 1 aromatic rings. The minimum atomic E-state index is -0.187. The highest BCUT2D eigenvalue weighted by Crippen LogP contribution is 2.24. The molecule has 0 aliphatic heterocycles. The van der Waals surface area contributed by atoms with E-state index in [1.54, 1.807) is 6.07 Å². The van der Waals surface area contributed by atoms with Gasteiger partial charge in [-0.05, 0) is 19.8 Å². The summed E-state index contributed by atoms with van der Waals surface area (Å²) < 4.78 is 5.24. The van der Waals surface area contributed by atoms with Crippen LogP contribution in [0.5, 0.6) is 0 Å². The predicted molar refractivity (Wildman–Crippen MR) is 65.0 cm³/mol. The lowest BCUT2D eigenvalue weighted by atomic mass is 9.89. The maximum absolute atomic E-state index is 9.20. The molecule has 0 saturated heterocycles. The number of anilines is 1. The van der Waals surface area contributed by atoms with E-state index in [1.165, 1.54) is 0 Å². The number of hydrogen-bond donors (Lipinski definition) is 2. The molecule has 2 rings (SSSR count). The minimum absolute atomic E-state index is 0.187. The summed E-state index contributed by atoms with van der Waals surface area (Å²) in [5.41, 5.74) is 0. The van der Waals surface area contributed by atoms with Crippen LogP contribution in [0.15, 0.2) is 6.07 Å². The van der Waals surface area contributed by atoms with Gasteiger partial charge in [-0.25, -0.2) is 9.97 Å². The molecule has 0 amide bonds. The lowest BCUT2D eigenvalue weighted by Crippen LogP contribution is -2.39. The summed E-state index contributed by atoms with van der Waals surface area (Å²) in [5, 5.41) is 12.8. The average Bonchev–Trinajstić information content (AvgIpc) is 2.23. The molecule has 5 nitrogen and oxygen atoms in total. The first-order chi connectivity index (χ1) is 8.17. The van der Waals surface area contributed by atoms with Gasteiger partial charge in [0.1, 0.15) is 17.6 Å². The van der Waals surface area contributed by atoms with Crippen molar-refractivity contribution in [2.45, 2.75) is 38.5 Å². The Bertz CT molecular complexity index is 383. The van der Waals surface area contributed by atoms with Crippen molar-refractivity contribution in [2.24, 2.45) is 0 Å². The van der Waals surface area contributed by atoms with E-state index in [9.17, 15) is 5.11 Å². The molecule has 94 valence electrons. The van der Waals surface area contributed by atoms with Gasteiger partial charge >= 0.3 is 0 Å². The van der Waals surface area contributed by atoms with E-state index in [4.69, 9.17) is 16.3 Å². The maximum atomic E-state index is 9.20. The molecule has 2 N–H and O–H groups in total. The molecular weight excluding hydrogens is 242 g/mol. The van der Waals surface area contributed by atoms with Crippen LogP contribution in [-0.4, -0.2) is 33.8 Å². The zero-order chi connectivity index (χ0) is 12.3. The van der Waals surface area contributed by atoms with E-state index >= 15 is 0 Å². The number of ether oxygens (including phenoxy) is 1. The highest BCUT2D eigenvalue weighted by atomic mass is 35.5. The molecule has 0 aromatic carbocycles. The number of aliphatic hydroxyl groups is 1. The minimum Gasteiger partial charge on any atom is -0.393 e. The van der Waals surface area contributed by atoms with E-state index in [0.29, 0.717) is 30.0 Å². The highest BCUT2D eigenvalue weighted by molar-refractivity contribution is 6.29. The molecule has 0 atom stereocenters. The van der Waals surface area contributed by atoms with Gasteiger partial charge in [0.15, 0.2) is 5.82 Å². The summed E-state index contributed by atoms with van der Waals surface area (Å²) in [4.78, 5) is 8.38. The van der Waals surface area contributed by atoms with Crippen molar-refractivity contribution in [3.63, 3.8) is 0 Å². The van der Waals surface area contributed by atoms with Gasteiger partial charge in [0.25, 0.3) is 0 Å². The van der Waals surface area contributed by atoms with Crippen LogP contribution >= 0.6 is 11.6 Å². The molecule has 0 radical (unpaired) electrons. The van der Waals surface area contributed by atoms with Crippen molar-refractivity contribution in [3.05, 3.63) is 17.0 Å². The van der Waals surface area contributed by atoms with Crippen LogP contribution in [0.2, 0.25) is 5.15 Å². The summed E-state index contributed by atoms with van der Waals surface area (Å²) in [6, 6.07) is 1.96. The topological polar surface area (TPSA) is 67.3 Å². The fraction of sp³-hybridized carbons (Fsp3) is 0.636. The van der Waals surface area contributed by atoms with Crippen LogP contribution in [0, 0.1) is 0 Å². The molecule has 1 aliphatic carbocycles. The largest absolute Gasteiger partial charge is 0.393 e. The van der Waals surface area contributed by atoms with Gasteiger partial charge in [-0.1, -0.05) is 11.6 Å². The van der Waals surface area contributed by atoms with Crippen molar-refractivity contribution in [2.75, 3.05) is 11.9 Å². The molecule has 17 heavy (non-hydrogen) atoms. The van der Waals surface area contributed by atoms with Gasteiger partial charge in [0, 0.05) is 18.7 Å². The van der Waals surface area contributed by atoms with Crippen molar-refractivity contribution in [1.82, 2.24) is 9.97 Å². The number of nitrogens with zero attached hydrogens (tertiary/aromatic N) is 2. The maximum Gasteiger partial charge on any atom is 0.158 e. The molecule has 1 aliphatic rings. The first kappa shape index (κ1) is 12.5. The van der Waals surface area contributed by atoms with Crippen LogP contribution in [0.1, 0.15) is 25.6 Å². The van der Waals surface area contributed by atoms with Crippen molar-refractivity contribution >= 4 is 17.4 Å². The molecule has 1 saturated carbocycles. The van der Waals surface area contributed by atoms with Gasteiger partial charge in [-0.15, -0.1) is 0 Å². The molecular formula is C11H16ClN3O2. The lowest BCUT2D eigenvalue weighted by molar-refractivity contribution is 0.0835. The van der Waals surface area contributed by atoms with Gasteiger partial charge in [0.2, 0.25) is 0 Å². The third-order valence-corrected chi connectivity index (χ3v) is 2.84. The fourth-order valence-electron chi connectivity index (χ4n) is 1.71. The van der Waals surface area contributed by atoms with E-state index < -0.39 is 0 Å². The SMILES string of the molecule is CCOCc1nc(Cl)cc(NC2CC(O)C2)n1. The Labute approximate surface area is 105 Å². The normalized spacial score (nSPS) is 23.2. The fourth-order valence-corrected chi connectivity index (χ4v) is 1.91. The summed E-state index contributed by atoms with van der Waals surface area (Å²) in [5.74, 6) is 1.26. The number of aliphatic hydroxyl groups excluding tert-OH is 1. The van der Waals surface area contributed by atoms with Crippen LogP contribution in [0.3, 0.4) is 0 Å². The van der Waals surface area contributed by atoms with Crippen LogP contribution < -0.4 is 5.32 Å². The number of hydrogen-bond acceptors (Lipinski definition) is 5. The van der Waals surface area contributed by atoms with Crippen molar-refractivity contribution < 1.29 is 9.84 Å². The van der Waals surface area contributed by atoms with E-state index in [1.807, 2.05) is 6.92 Å². The monoisotopic (exact) mass is 257 g/mol. The van der Waals surface area contributed by atoms with Gasteiger partial charge < -0.3 is 15.2 Å². The predicted octanol–water partition coefficient (Wildman–Crippen LogP) is 1.60. The Morgan fingerprint density at radius 1 is 1.53 bits per heavy atom. The van der Waals surface area contributed by atoms with Crippen LogP contribution in [-0.2, 0) is 11.3 Å². The molecule has 1 fully saturated rings. The summed E-state index contributed by atoms with van der Waals surface area (Å²) in [7, 11) is 0. The number of aromatic nitrogens is 2. The zero-order valence-electron chi connectivity index (χ0n) is 9.69. The number of rotatable bonds is 5. The van der Waals surface area contributed by atoms with Gasteiger partial charge in [0.05, 0.1) is 6.10 Å². The van der Waals surface area contributed by atoms with Crippen molar-refractivity contribution in [1.29, 1.82) is 0 Å². The summed E-state index contributed by atoms with van der Waals surface area (Å²) in [6.45, 7) is 2.89. The quantitative estimate of drug-likeness (QED) is 0.785. The van der Waals surface area contributed by atoms with E-state index in [0.717, 1.165) is 12.8 Å². The second kappa shape index (κ2) is 5.62. The average molecular weight is 258 g/mol. The molecule has 0 bridgehead atoms. The third kappa shape index (κ3) is 3.52. The van der Waals surface area contributed by atoms with Gasteiger partial charge in [-0.3, -0.25) is 0 Å². The lowest BCUT2D eigenvalue weighted by Gasteiger charge is -2.32. The second-order valence-electron chi connectivity index (χ2n) is 4.10. The van der Waals surface area contributed by atoms with Gasteiger partial charge in [-0.2, -0.15) is 0 Å². The molecule has 0 unspecified atom stereocenters. The zero-order valence-corrected chi connectivity index (χ0v) is 10.4. The standard InChI is InChI=1S/C11H16ClN3O2/c1-2-17-6-11-14-9(12)5-10(15-11)13-7-3-8(16)4-7/h5,7-8,16H,2-4,6H2,1H3,(H,13,14,15). The number of halogens is 1. The van der Waals surface area contributed by atoms with E-state index in [-0.39, 0.29) is 12.1 Å². The Hall–Kier alpha value is -0.910. The summed E-state index contributed by atoms with van der Waals surface area (Å²) in [6.07, 6.45) is 1.32. The Morgan fingerprint density at radius 3 is 2.94 bits per heavy atom. The molecule has 0 spiro atoms. The summed E-state index contributed by atoms with van der Waals surface area (Å²) >= 11 is 5.91. The molecule has 1 heterocycles. The first-order valence-corrected chi connectivity index (χ1v) is 6.11. The molecule has 6 heteroatoms. The Kier molecular flexibility index (Phi) is 4.15.